The lowest BCUT2D eigenvalue weighted by Gasteiger charge is -2.35. The van der Waals surface area contributed by atoms with Gasteiger partial charge in [0.05, 0.1) is 18.3 Å². The van der Waals surface area contributed by atoms with Gasteiger partial charge in [-0.3, -0.25) is 4.90 Å². The van der Waals surface area contributed by atoms with E-state index in [-0.39, 0.29) is 23.5 Å². The molecule has 2 unspecified atom stereocenters. The van der Waals surface area contributed by atoms with Crippen LogP contribution in [0.15, 0.2) is 42.5 Å². The molecule has 2 atom stereocenters. The average molecular weight is 352 g/mol. The minimum Gasteiger partial charge on any atom is -0.452 e. The minimum atomic E-state index is -0.267. The molecular weight excluding hydrogens is 331 g/mol. The molecule has 134 valence electrons. The summed E-state index contributed by atoms with van der Waals surface area (Å²) in [4.78, 5) is 14.0. The van der Waals surface area contributed by atoms with Gasteiger partial charge in [0.1, 0.15) is 5.82 Å². The Kier molecular flexibility index (Phi) is 3.30. The molecule has 5 heteroatoms. The van der Waals surface area contributed by atoms with Gasteiger partial charge < -0.3 is 10.1 Å². The van der Waals surface area contributed by atoms with Crippen LogP contribution in [0.4, 0.5) is 20.6 Å². The van der Waals surface area contributed by atoms with Crippen molar-refractivity contribution in [2.75, 3.05) is 17.3 Å². The van der Waals surface area contributed by atoms with Crippen LogP contribution in [0, 0.1) is 5.82 Å². The number of halogens is 1. The Labute approximate surface area is 152 Å². The van der Waals surface area contributed by atoms with Crippen molar-refractivity contribution in [2.24, 2.45) is 0 Å². The van der Waals surface area contributed by atoms with Crippen molar-refractivity contribution in [2.45, 2.75) is 43.2 Å². The van der Waals surface area contributed by atoms with Gasteiger partial charge in [-0.1, -0.05) is 12.1 Å². The van der Waals surface area contributed by atoms with Crippen LogP contribution in [-0.2, 0) is 10.3 Å². The van der Waals surface area contributed by atoms with E-state index in [9.17, 15) is 9.18 Å². The molecule has 4 nitrogen and oxygen atoms in total. The number of ether oxygens (including phenoxy) is 1. The number of carbonyl (C=O) groups is 1. The molecule has 1 amide bonds. The van der Waals surface area contributed by atoms with Gasteiger partial charge in [-0.15, -0.1) is 0 Å². The molecule has 0 aromatic heterocycles. The quantitative estimate of drug-likeness (QED) is 0.866. The first-order chi connectivity index (χ1) is 12.6. The van der Waals surface area contributed by atoms with Crippen LogP contribution in [0.2, 0.25) is 0 Å². The lowest BCUT2D eigenvalue weighted by atomic mass is 9.77. The molecule has 0 bridgehead atoms. The number of carbonyl (C=O) groups excluding carboxylic acids is 1. The van der Waals surface area contributed by atoms with Gasteiger partial charge in [-0.25, -0.2) is 9.18 Å². The molecule has 1 N–H and O–H groups in total. The largest absolute Gasteiger partial charge is 0.452 e. The van der Waals surface area contributed by atoms with Gasteiger partial charge in [-0.2, -0.15) is 0 Å². The van der Waals surface area contributed by atoms with Crippen LogP contribution in [0.3, 0.4) is 0 Å². The maximum Gasteiger partial charge on any atom is 0.414 e. The first-order valence-corrected chi connectivity index (χ1v) is 9.17. The van der Waals surface area contributed by atoms with Crippen LogP contribution in [0.1, 0.15) is 42.7 Å². The third-order valence-electron chi connectivity index (χ3n) is 6.16. The molecule has 2 aliphatic carbocycles. The summed E-state index contributed by atoms with van der Waals surface area (Å²) < 4.78 is 18.1. The molecule has 0 saturated heterocycles. The van der Waals surface area contributed by atoms with Gasteiger partial charge in [0, 0.05) is 17.6 Å². The van der Waals surface area contributed by atoms with Crippen LogP contribution < -0.4 is 10.2 Å². The van der Waals surface area contributed by atoms with Crippen molar-refractivity contribution in [3.8, 4) is 0 Å². The smallest absolute Gasteiger partial charge is 0.414 e. The number of fused-ring (bicyclic) bond motifs is 3. The number of amides is 1. The molecular formula is C21H21FN2O2. The van der Waals surface area contributed by atoms with E-state index in [4.69, 9.17) is 4.74 Å². The van der Waals surface area contributed by atoms with Crippen molar-refractivity contribution in [1.82, 2.24) is 0 Å². The average Bonchev–Trinajstić information content (AvgIpc) is 3.36. The van der Waals surface area contributed by atoms with Crippen molar-refractivity contribution >= 4 is 17.5 Å². The standard InChI is InChI=1S/C21H21FN2O2/c1-26-20(25)24-18-9-7-16(18)17-12-13(2-8-19(17)24)21(10-11-21)23-15-5-3-14(22)4-6-15/h2-6,8,12,16,18,23H,7,9-11H2,1H3. The SMILES string of the molecule is COC(=O)N1c2ccc(C3(Nc4ccc(F)cc4)CC3)cc2C2CCC21. The number of rotatable bonds is 3. The fourth-order valence-corrected chi connectivity index (χ4v) is 4.45. The second kappa shape index (κ2) is 5.47. The molecule has 2 fully saturated rings. The summed E-state index contributed by atoms with van der Waals surface area (Å²) in [7, 11) is 1.44. The van der Waals surface area contributed by atoms with E-state index in [2.05, 4.69) is 23.5 Å². The second-order valence-electron chi connectivity index (χ2n) is 7.58. The number of methoxy groups -OCH3 is 1. The molecule has 2 aromatic rings. The predicted molar refractivity (Wildman–Crippen MR) is 98.0 cm³/mol. The Hall–Kier alpha value is -2.56. The Bertz CT molecular complexity index is 876. The second-order valence-corrected chi connectivity index (χ2v) is 7.58. The number of anilines is 2. The summed E-state index contributed by atoms with van der Waals surface area (Å²) in [5, 5.41) is 3.58. The summed E-state index contributed by atoms with van der Waals surface area (Å²) >= 11 is 0. The molecule has 2 aromatic carbocycles. The van der Waals surface area contributed by atoms with Gasteiger partial charge in [0.2, 0.25) is 0 Å². The number of nitrogens with zero attached hydrogens (tertiary/aromatic N) is 1. The molecule has 0 spiro atoms. The van der Waals surface area contributed by atoms with Crippen molar-refractivity contribution in [1.29, 1.82) is 0 Å². The van der Waals surface area contributed by atoms with Gasteiger partial charge >= 0.3 is 6.09 Å². The van der Waals surface area contributed by atoms with Crippen LogP contribution in [0.5, 0.6) is 0 Å². The Balaban J connectivity index is 1.47. The highest BCUT2D eigenvalue weighted by atomic mass is 19.1. The zero-order valence-corrected chi connectivity index (χ0v) is 14.7. The number of hydrogen-bond donors (Lipinski definition) is 1. The molecule has 2 saturated carbocycles. The first-order valence-electron chi connectivity index (χ1n) is 9.17. The zero-order valence-electron chi connectivity index (χ0n) is 14.7. The molecule has 5 rings (SSSR count). The first kappa shape index (κ1) is 15.7. The van der Waals surface area contributed by atoms with Crippen LogP contribution in [0.25, 0.3) is 0 Å². The third-order valence-corrected chi connectivity index (χ3v) is 6.16. The minimum absolute atomic E-state index is 0.0786. The van der Waals surface area contributed by atoms with Crippen LogP contribution >= 0.6 is 0 Å². The number of benzene rings is 2. The van der Waals surface area contributed by atoms with Gasteiger partial charge in [0.15, 0.2) is 0 Å². The Morgan fingerprint density at radius 3 is 2.58 bits per heavy atom. The van der Waals surface area contributed by atoms with Crippen molar-refractivity contribution < 1.29 is 13.9 Å². The monoisotopic (exact) mass is 352 g/mol. The van der Waals surface area contributed by atoms with E-state index in [1.807, 2.05) is 4.90 Å². The summed E-state index contributed by atoms with van der Waals surface area (Å²) in [6.45, 7) is 0. The highest BCUT2D eigenvalue weighted by molar-refractivity contribution is 5.92. The zero-order chi connectivity index (χ0) is 17.9. The molecule has 0 radical (unpaired) electrons. The molecule has 3 aliphatic rings. The molecule has 1 heterocycles. The van der Waals surface area contributed by atoms with Crippen molar-refractivity contribution in [3.63, 3.8) is 0 Å². The van der Waals surface area contributed by atoms with Crippen molar-refractivity contribution in [3.05, 3.63) is 59.4 Å². The molecule has 1 aliphatic heterocycles. The lowest BCUT2D eigenvalue weighted by Crippen LogP contribution is -2.43. The third kappa shape index (κ3) is 2.23. The van der Waals surface area contributed by atoms with Crippen LogP contribution in [-0.4, -0.2) is 19.2 Å². The predicted octanol–water partition coefficient (Wildman–Crippen LogP) is 4.76. The topological polar surface area (TPSA) is 41.6 Å². The van der Waals surface area contributed by atoms with E-state index in [0.29, 0.717) is 5.92 Å². The fourth-order valence-electron chi connectivity index (χ4n) is 4.45. The maximum absolute atomic E-state index is 13.2. The normalized spacial score (nSPS) is 24.3. The van der Waals surface area contributed by atoms with E-state index >= 15 is 0 Å². The summed E-state index contributed by atoms with van der Waals surface area (Å²) in [5.41, 5.74) is 4.35. The summed E-state index contributed by atoms with van der Waals surface area (Å²) in [6, 6.07) is 13.2. The maximum atomic E-state index is 13.2. The Morgan fingerprint density at radius 2 is 1.96 bits per heavy atom. The van der Waals surface area contributed by atoms with E-state index in [1.54, 1.807) is 12.1 Å². The van der Waals surface area contributed by atoms with E-state index < -0.39 is 0 Å². The van der Waals surface area contributed by atoms with E-state index in [0.717, 1.165) is 37.1 Å². The highest BCUT2D eigenvalue weighted by Crippen LogP contribution is 2.55. The highest BCUT2D eigenvalue weighted by Gasteiger charge is 2.50. The Morgan fingerprint density at radius 1 is 1.19 bits per heavy atom. The number of nitrogens with one attached hydrogen (secondary N) is 1. The summed E-state index contributed by atoms with van der Waals surface area (Å²) in [5.74, 6) is 0.197. The van der Waals surface area contributed by atoms with E-state index in [1.165, 1.54) is 30.4 Å². The fraction of sp³-hybridized carbons (Fsp3) is 0.381. The molecule has 26 heavy (non-hydrogen) atoms. The lowest BCUT2D eigenvalue weighted by molar-refractivity contribution is 0.171. The van der Waals surface area contributed by atoms with Gasteiger partial charge in [-0.05, 0) is 67.1 Å². The number of hydrogen-bond acceptors (Lipinski definition) is 3. The summed E-state index contributed by atoms with van der Waals surface area (Å²) in [6.07, 6.45) is 3.99. The van der Waals surface area contributed by atoms with Gasteiger partial charge in [0.25, 0.3) is 0 Å².